The maximum Gasteiger partial charge on any atom is 0.244 e. The number of amides is 1. The maximum absolute atomic E-state index is 11.4. The molecule has 0 spiro atoms. The lowest BCUT2D eigenvalue weighted by Gasteiger charge is -2.39. The Morgan fingerprint density at radius 3 is 2.47 bits per heavy atom. The number of carboxylic acid groups (broad SMARTS) is 1. The molecule has 1 N–H and O–H groups in total. The predicted molar refractivity (Wildman–Crippen MR) is 62.9 cm³/mol. The first-order valence-corrected chi connectivity index (χ1v) is 5.98. The molecule has 96 valence electrons. The number of aliphatic carboxylic acids is 1. The van der Waals surface area contributed by atoms with Crippen LogP contribution in [0.3, 0.4) is 0 Å². The van der Waals surface area contributed by atoms with Crippen molar-refractivity contribution in [1.82, 2.24) is 5.32 Å². The Balaban J connectivity index is 2.51. The second kappa shape index (κ2) is 5.34. The fourth-order valence-corrected chi connectivity index (χ4v) is 2.85. The molecule has 0 heterocycles. The third-order valence-corrected chi connectivity index (χ3v) is 3.10. The van der Waals surface area contributed by atoms with Crippen LogP contribution in [0.2, 0.25) is 0 Å². The van der Waals surface area contributed by atoms with Gasteiger partial charge in [0, 0.05) is 12.1 Å². The van der Waals surface area contributed by atoms with Crippen LogP contribution in [-0.2, 0) is 9.59 Å². The number of carbonyl (C=O) groups excluding carboxylic acids is 2. The fourth-order valence-electron chi connectivity index (χ4n) is 2.85. The van der Waals surface area contributed by atoms with E-state index >= 15 is 0 Å². The number of carbonyl (C=O) groups is 2. The van der Waals surface area contributed by atoms with E-state index in [9.17, 15) is 14.7 Å². The van der Waals surface area contributed by atoms with Crippen LogP contribution in [-0.4, -0.2) is 17.9 Å². The summed E-state index contributed by atoms with van der Waals surface area (Å²) in [5.41, 5.74) is 0.230. The Morgan fingerprint density at radius 1 is 1.29 bits per heavy atom. The highest BCUT2D eigenvalue weighted by molar-refractivity contribution is 5.93. The lowest BCUT2D eigenvalue weighted by molar-refractivity contribution is -0.297. The molecular weight excluding hydrogens is 218 g/mol. The van der Waals surface area contributed by atoms with Gasteiger partial charge in [0.1, 0.15) is 0 Å². The summed E-state index contributed by atoms with van der Waals surface area (Å²) in [4.78, 5) is 21.6. The standard InChI is InChI=1S/C13H21NO3/c1-9-6-10(8-13(2,3)7-9)14-11(15)4-5-12(16)17/h4-5,9-10H,6-8H2,1-3H3,(H,14,15)(H,16,17)/p-1/b5-4+/t9-,10+/m1/s1. The number of hydrogen-bond acceptors (Lipinski definition) is 3. The first-order chi connectivity index (χ1) is 7.78. The van der Waals surface area contributed by atoms with Gasteiger partial charge in [-0.2, -0.15) is 0 Å². The summed E-state index contributed by atoms with van der Waals surface area (Å²) < 4.78 is 0. The Labute approximate surface area is 102 Å². The molecule has 0 aromatic heterocycles. The van der Waals surface area contributed by atoms with Gasteiger partial charge in [-0.25, -0.2) is 0 Å². The third kappa shape index (κ3) is 5.02. The van der Waals surface area contributed by atoms with E-state index < -0.39 is 5.97 Å². The van der Waals surface area contributed by atoms with Gasteiger partial charge in [0.15, 0.2) is 0 Å². The van der Waals surface area contributed by atoms with Gasteiger partial charge in [0.2, 0.25) is 5.91 Å². The number of hydrogen-bond donors (Lipinski definition) is 1. The molecule has 2 atom stereocenters. The van der Waals surface area contributed by atoms with E-state index in [1.165, 1.54) is 0 Å². The topological polar surface area (TPSA) is 69.2 Å². The molecule has 1 aliphatic carbocycles. The van der Waals surface area contributed by atoms with Gasteiger partial charge in [-0.15, -0.1) is 0 Å². The SMILES string of the molecule is C[C@@H]1C[C@H](NC(=O)/C=C/C(=O)[O-])CC(C)(C)C1. The van der Waals surface area contributed by atoms with Crippen molar-refractivity contribution in [2.75, 3.05) is 0 Å². The minimum Gasteiger partial charge on any atom is -0.545 e. The fraction of sp³-hybridized carbons (Fsp3) is 0.692. The number of nitrogens with one attached hydrogen (secondary N) is 1. The van der Waals surface area contributed by atoms with Gasteiger partial charge < -0.3 is 15.2 Å². The van der Waals surface area contributed by atoms with Crippen molar-refractivity contribution in [2.45, 2.75) is 46.1 Å². The van der Waals surface area contributed by atoms with Crippen LogP contribution in [0.25, 0.3) is 0 Å². The molecule has 0 unspecified atom stereocenters. The van der Waals surface area contributed by atoms with Crippen LogP contribution in [0, 0.1) is 11.3 Å². The quantitative estimate of drug-likeness (QED) is 0.733. The molecule has 1 rings (SSSR count). The van der Waals surface area contributed by atoms with Crippen molar-refractivity contribution < 1.29 is 14.7 Å². The van der Waals surface area contributed by atoms with E-state index in [1.54, 1.807) is 0 Å². The third-order valence-electron chi connectivity index (χ3n) is 3.10. The van der Waals surface area contributed by atoms with Crippen molar-refractivity contribution in [2.24, 2.45) is 11.3 Å². The second-order valence-corrected chi connectivity index (χ2v) is 5.77. The molecule has 1 aliphatic rings. The molecule has 0 aromatic carbocycles. The molecule has 0 saturated heterocycles. The highest BCUT2D eigenvalue weighted by Crippen LogP contribution is 2.38. The molecule has 0 aliphatic heterocycles. The lowest BCUT2D eigenvalue weighted by Crippen LogP contribution is -2.42. The first-order valence-electron chi connectivity index (χ1n) is 5.98. The number of rotatable bonds is 3. The van der Waals surface area contributed by atoms with Crippen LogP contribution in [0.1, 0.15) is 40.0 Å². The van der Waals surface area contributed by atoms with Gasteiger partial charge in [-0.3, -0.25) is 4.79 Å². The zero-order chi connectivity index (χ0) is 13.1. The predicted octanol–water partition coefficient (Wildman–Crippen LogP) is 0.623. The molecule has 0 radical (unpaired) electrons. The second-order valence-electron chi connectivity index (χ2n) is 5.77. The smallest absolute Gasteiger partial charge is 0.244 e. The van der Waals surface area contributed by atoms with Crippen LogP contribution < -0.4 is 10.4 Å². The average molecular weight is 238 g/mol. The van der Waals surface area contributed by atoms with Crippen molar-refractivity contribution in [3.8, 4) is 0 Å². The van der Waals surface area contributed by atoms with Crippen molar-refractivity contribution in [3.05, 3.63) is 12.2 Å². The molecular formula is C13H20NO3-. The molecule has 4 heteroatoms. The summed E-state index contributed by atoms with van der Waals surface area (Å²) in [6, 6.07) is 0.132. The normalized spacial score (nSPS) is 27.9. The van der Waals surface area contributed by atoms with Gasteiger partial charge in [0.25, 0.3) is 0 Å². The van der Waals surface area contributed by atoms with E-state index in [2.05, 4.69) is 26.1 Å². The Kier molecular flexibility index (Phi) is 4.32. The zero-order valence-electron chi connectivity index (χ0n) is 10.7. The van der Waals surface area contributed by atoms with E-state index in [0.717, 1.165) is 31.4 Å². The van der Waals surface area contributed by atoms with Crippen LogP contribution in [0.15, 0.2) is 12.2 Å². The van der Waals surface area contributed by atoms with Crippen molar-refractivity contribution in [1.29, 1.82) is 0 Å². The summed E-state index contributed by atoms with van der Waals surface area (Å²) in [6.45, 7) is 6.56. The largest absolute Gasteiger partial charge is 0.545 e. The molecule has 1 amide bonds. The van der Waals surface area contributed by atoms with Gasteiger partial charge in [0.05, 0.1) is 5.97 Å². The first kappa shape index (κ1) is 13.7. The van der Waals surface area contributed by atoms with Crippen LogP contribution in [0.4, 0.5) is 0 Å². The van der Waals surface area contributed by atoms with Crippen molar-refractivity contribution >= 4 is 11.9 Å². The highest BCUT2D eigenvalue weighted by atomic mass is 16.4. The van der Waals surface area contributed by atoms with Gasteiger partial charge >= 0.3 is 0 Å². The minimum absolute atomic E-state index is 0.132. The summed E-state index contributed by atoms with van der Waals surface area (Å²) >= 11 is 0. The van der Waals surface area contributed by atoms with E-state index in [-0.39, 0.29) is 17.4 Å². The lowest BCUT2D eigenvalue weighted by atomic mass is 9.70. The van der Waals surface area contributed by atoms with Crippen LogP contribution in [0.5, 0.6) is 0 Å². The summed E-state index contributed by atoms with van der Waals surface area (Å²) in [6.07, 6.45) is 4.82. The molecule has 4 nitrogen and oxygen atoms in total. The van der Waals surface area contributed by atoms with E-state index in [4.69, 9.17) is 0 Å². The van der Waals surface area contributed by atoms with Gasteiger partial charge in [-0.1, -0.05) is 20.8 Å². The molecule has 0 bridgehead atoms. The van der Waals surface area contributed by atoms with E-state index in [0.29, 0.717) is 5.92 Å². The van der Waals surface area contributed by atoms with E-state index in [1.807, 2.05) is 0 Å². The summed E-state index contributed by atoms with van der Waals surface area (Å²) in [5.74, 6) is -1.13. The van der Waals surface area contributed by atoms with Gasteiger partial charge in [-0.05, 0) is 36.7 Å². The Hall–Kier alpha value is -1.32. The average Bonchev–Trinajstić information content (AvgIpc) is 2.11. The Bertz CT molecular complexity index is 334. The Morgan fingerprint density at radius 2 is 1.94 bits per heavy atom. The monoisotopic (exact) mass is 238 g/mol. The zero-order valence-corrected chi connectivity index (χ0v) is 10.7. The van der Waals surface area contributed by atoms with Crippen LogP contribution >= 0.6 is 0 Å². The summed E-state index contributed by atoms with van der Waals surface area (Å²) in [7, 11) is 0. The maximum atomic E-state index is 11.4. The molecule has 1 saturated carbocycles. The summed E-state index contributed by atoms with van der Waals surface area (Å²) in [5, 5.41) is 13.0. The number of carboxylic acids is 1. The molecule has 0 aromatic rings. The highest BCUT2D eigenvalue weighted by Gasteiger charge is 2.32. The minimum atomic E-state index is -1.35. The molecule has 17 heavy (non-hydrogen) atoms. The molecule has 1 fully saturated rings. The van der Waals surface area contributed by atoms with Crippen molar-refractivity contribution in [3.63, 3.8) is 0 Å².